The Morgan fingerprint density at radius 3 is 2.53 bits per heavy atom. The first kappa shape index (κ1) is 21.3. The molecule has 2 saturated heterocycles. The molecule has 1 amide bonds. The van der Waals surface area contributed by atoms with Gasteiger partial charge in [0.15, 0.2) is 5.69 Å². The first-order valence-corrected chi connectivity index (χ1v) is 12.6. The standard InChI is InChI=1S/C21H31N5O3S/c1-16(2)23-11-13-24(14-12-23)21(27)19-18-8-4-5-10-26(18)20(22-19)17-7-6-9-25(15-17)30(3,28)29/h4-5,8,10,16-17H,6-7,9,11-15H2,1-3H3/t17-/m1/s1. The number of piperazine rings is 1. The number of imidazole rings is 1. The number of fused-ring (bicyclic) bond motifs is 1. The fraction of sp³-hybridized carbons (Fsp3) is 0.619. The molecule has 0 aromatic carbocycles. The lowest BCUT2D eigenvalue weighted by atomic mass is 9.99. The molecule has 9 heteroatoms. The van der Waals surface area contributed by atoms with Crippen LogP contribution in [-0.4, -0.2) is 89.4 Å². The van der Waals surface area contributed by atoms with Crippen LogP contribution in [-0.2, 0) is 10.0 Å². The van der Waals surface area contributed by atoms with E-state index in [9.17, 15) is 13.2 Å². The van der Waals surface area contributed by atoms with E-state index in [-0.39, 0.29) is 11.8 Å². The predicted molar refractivity (Wildman–Crippen MR) is 116 cm³/mol. The summed E-state index contributed by atoms with van der Waals surface area (Å²) in [5.74, 6) is 0.718. The third-order valence-corrected chi connectivity index (χ3v) is 7.60. The van der Waals surface area contributed by atoms with Crippen LogP contribution in [0.2, 0.25) is 0 Å². The van der Waals surface area contributed by atoms with Gasteiger partial charge in [0.2, 0.25) is 10.0 Å². The van der Waals surface area contributed by atoms with Crippen LogP contribution in [0.1, 0.15) is 48.9 Å². The Bertz CT molecular complexity index is 1020. The summed E-state index contributed by atoms with van der Waals surface area (Å²) in [6.07, 6.45) is 4.83. The monoisotopic (exact) mass is 433 g/mol. The van der Waals surface area contributed by atoms with Crippen molar-refractivity contribution in [2.24, 2.45) is 0 Å². The molecule has 164 valence electrons. The van der Waals surface area contributed by atoms with Crippen molar-refractivity contribution < 1.29 is 13.2 Å². The molecule has 2 fully saturated rings. The van der Waals surface area contributed by atoms with Gasteiger partial charge in [-0.15, -0.1) is 0 Å². The zero-order chi connectivity index (χ0) is 21.5. The summed E-state index contributed by atoms with van der Waals surface area (Å²) in [5.41, 5.74) is 1.26. The van der Waals surface area contributed by atoms with Crippen molar-refractivity contribution in [3.05, 3.63) is 35.9 Å². The molecule has 2 aromatic rings. The highest BCUT2D eigenvalue weighted by atomic mass is 32.2. The van der Waals surface area contributed by atoms with E-state index in [0.717, 1.165) is 37.3 Å². The minimum absolute atomic E-state index is 0.0253. The second kappa shape index (κ2) is 8.28. The number of hydrogen-bond acceptors (Lipinski definition) is 5. The van der Waals surface area contributed by atoms with Crippen LogP contribution >= 0.6 is 0 Å². The maximum atomic E-state index is 13.3. The number of rotatable bonds is 4. The predicted octanol–water partition coefficient (Wildman–Crippen LogP) is 1.64. The highest BCUT2D eigenvalue weighted by Gasteiger charge is 2.32. The Morgan fingerprint density at radius 2 is 1.87 bits per heavy atom. The molecule has 1 atom stereocenters. The van der Waals surface area contributed by atoms with E-state index in [4.69, 9.17) is 4.98 Å². The number of carbonyl (C=O) groups is 1. The molecule has 2 aromatic heterocycles. The Morgan fingerprint density at radius 1 is 1.13 bits per heavy atom. The maximum Gasteiger partial charge on any atom is 0.274 e. The highest BCUT2D eigenvalue weighted by Crippen LogP contribution is 2.29. The van der Waals surface area contributed by atoms with E-state index in [2.05, 4.69) is 18.7 Å². The minimum atomic E-state index is -3.24. The highest BCUT2D eigenvalue weighted by molar-refractivity contribution is 7.88. The molecule has 4 rings (SSSR count). The molecule has 0 saturated carbocycles. The fourth-order valence-corrected chi connectivity index (χ4v) is 5.46. The van der Waals surface area contributed by atoms with E-state index >= 15 is 0 Å². The number of nitrogens with zero attached hydrogens (tertiary/aromatic N) is 5. The largest absolute Gasteiger partial charge is 0.335 e. The SMILES string of the molecule is CC(C)N1CCN(C(=O)c2nc([C@@H]3CCCN(S(C)(=O)=O)C3)n3ccccc23)CC1. The van der Waals surface area contributed by atoms with E-state index in [1.165, 1.54) is 10.6 Å². The van der Waals surface area contributed by atoms with Crippen LogP contribution in [0.15, 0.2) is 24.4 Å². The maximum absolute atomic E-state index is 13.3. The molecule has 8 nitrogen and oxygen atoms in total. The number of piperidine rings is 1. The average Bonchev–Trinajstić information content (AvgIpc) is 3.12. The first-order chi connectivity index (χ1) is 14.3. The molecule has 0 radical (unpaired) electrons. The lowest BCUT2D eigenvalue weighted by molar-refractivity contribution is 0.0592. The van der Waals surface area contributed by atoms with Gasteiger partial charge >= 0.3 is 0 Å². The van der Waals surface area contributed by atoms with Crippen molar-refractivity contribution in [3.8, 4) is 0 Å². The molecule has 0 N–H and O–H groups in total. The number of aromatic nitrogens is 2. The van der Waals surface area contributed by atoms with Gasteiger partial charge in [0.25, 0.3) is 5.91 Å². The van der Waals surface area contributed by atoms with Gasteiger partial charge < -0.3 is 9.30 Å². The van der Waals surface area contributed by atoms with Crippen molar-refractivity contribution in [2.75, 3.05) is 45.5 Å². The Labute approximate surface area is 178 Å². The van der Waals surface area contributed by atoms with Crippen molar-refractivity contribution >= 4 is 21.4 Å². The summed E-state index contributed by atoms with van der Waals surface area (Å²) in [6.45, 7) is 8.44. The van der Waals surface area contributed by atoms with Gasteiger partial charge in [0.1, 0.15) is 5.82 Å². The van der Waals surface area contributed by atoms with Crippen molar-refractivity contribution in [3.63, 3.8) is 0 Å². The zero-order valence-electron chi connectivity index (χ0n) is 18.0. The molecule has 4 heterocycles. The van der Waals surface area contributed by atoms with E-state index in [1.54, 1.807) is 0 Å². The van der Waals surface area contributed by atoms with Crippen molar-refractivity contribution in [1.29, 1.82) is 0 Å². The van der Waals surface area contributed by atoms with Crippen LogP contribution in [0.4, 0.5) is 0 Å². The van der Waals surface area contributed by atoms with Gasteiger partial charge in [0, 0.05) is 57.4 Å². The number of amides is 1. The van der Waals surface area contributed by atoms with Crippen LogP contribution in [0, 0.1) is 0 Å². The topological polar surface area (TPSA) is 78.2 Å². The summed E-state index contributed by atoms with van der Waals surface area (Å²) in [5, 5.41) is 0. The lowest BCUT2D eigenvalue weighted by Crippen LogP contribution is -2.50. The van der Waals surface area contributed by atoms with E-state index in [1.807, 2.05) is 33.7 Å². The number of pyridine rings is 1. The minimum Gasteiger partial charge on any atom is -0.335 e. The van der Waals surface area contributed by atoms with E-state index in [0.29, 0.717) is 37.9 Å². The molecule has 30 heavy (non-hydrogen) atoms. The first-order valence-electron chi connectivity index (χ1n) is 10.7. The summed E-state index contributed by atoms with van der Waals surface area (Å²) in [6, 6.07) is 6.24. The van der Waals surface area contributed by atoms with E-state index < -0.39 is 10.0 Å². The Balaban J connectivity index is 1.62. The summed E-state index contributed by atoms with van der Waals surface area (Å²) in [4.78, 5) is 22.4. The van der Waals surface area contributed by atoms with Gasteiger partial charge in [-0.3, -0.25) is 9.69 Å². The van der Waals surface area contributed by atoms with Gasteiger partial charge in [-0.05, 0) is 38.8 Å². The molecule has 2 aliphatic heterocycles. The fourth-order valence-electron chi connectivity index (χ4n) is 4.55. The van der Waals surface area contributed by atoms with Gasteiger partial charge in [-0.25, -0.2) is 17.7 Å². The van der Waals surface area contributed by atoms with Crippen molar-refractivity contribution in [1.82, 2.24) is 23.5 Å². The smallest absolute Gasteiger partial charge is 0.274 e. The zero-order valence-corrected chi connectivity index (χ0v) is 18.8. The van der Waals surface area contributed by atoms with Crippen LogP contribution < -0.4 is 0 Å². The number of sulfonamides is 1. The Kier molecular flexibility index (Phi) is 5.87. The summed E-state index contributed by atoms with van der Waals surface area (Å²) in [7, 11) is -3.24. The van der Waals surface area contributed by atoms with Gasteiger partial charge in [-0.1, -0.05) is 6.07 Å². The van der Waals surface area contributed by atoms with Crippen molar-refractivity contribution in [2.45, 2.75) is 38.6 Å². The van der Waals surface area contributed by atoms with Crippen LogP contribution in [0.25, 0.3) is 5.52 Å². The second-order valence-electron chi connectivity index (χ2n) is 8.66. The second-order valence-corrected chi connectivity index (χ2v) is 10.6. The molecule has 2 aliphatic rings. The molecule has 0 aliphatic carbocycles. The van der Waals surface area contributed by atoms with Crippen LogP contribution in [0.3, 0.4) is 0 Å². The van der Waals surface area contributed by atoms with Gasteiger partial charge in [0.05, 0.1) is 11.8 Å². The normalized spacial score (nSPS) is 22.1. The third-order valence-electron chi connectivity index (χ3n) is 6.33. The van der Waals surface area contributed by atoms with Gasteiger partial charge in [-0.2, -0.15) is 0 Å². The average molecular weight is 434 g/mol. The Hall–Kier alpha value is -1.97. The molecule has 0 bridgehead atoms. The third kappa shape index (κ3) is 4.10. The number of carbonyl (C=O) groups excluding carboxylic acids is 1. The molecular formula is C21H31N5O3S. The van der Waals surface area contributed by atoms with Crippen LogP contribution in [0.5, 0.6) is 0 Å². The molecular weight excluding hydrogens is 402 g/mol. The quantitative estimate of drug-likeness (QED) is 0.733. The summed E-state index contributed by atoms with van der Waals surface area (Å²) < 4.78 is 27.6. The molecule has 0 spiro atoms. The number of hydrogen-bond donors (Lipinski definition) is 0. The summed E-state index contributed by atoms with van der Waals surface area (Å²) >= 11 is 0. The lowest BCUT2D eigenvalue weighted by Gasteiger charge is -2.36. The molecule has 0 unspecified atom stereocenters.